The third-order valence-electron chi connectivity index (χ3n) is 2.16. The van der Waals surface area contributed by atoms with Gasteiger partial charge in [-0.2, -0.15) is 0 Å². The minimum Gasteiger partial charge on any atom is -0.348 e. The van der Waals surface area contributed by atoms with Crippen LogP contribution >= 0.6 is 0 Å². The molecule has 0 fully saturated rings. The molecule has 0 aliphatic carbocycles. The van der Waals surface area contributed by atoms with Gasteiger partial charge in [0, 0.05) is 24.8 Å². The van der Waals surface area contributed by atoms with E-state index in [2.05, 4.69) is 10.3 Å². The van der Waals surface area contributed by atoms with Crippen LogP contribution in [-0.4, -0.2) is 23.5 Å². The van der Waals surface area contributed by atoms with Gasteiger partial charge >= 0.3 is 0 Å². The maximum Gasteiger partial charge on any atom is 0.253 e. The molecular weight excluding hydrogens is 194 g/mol. The maximum absolute atomic E-state index is 11.6. The molecule has 4 N–H and O–H groups in total. The number of hydrogen-bond acceptors (Lipinski definition) is 3. The average molecular weight is 209 g/mol. The zero-order valence-corrected chi connectivity index (χ0v) is 8.62. The Balaban J connectivity index is 2.68. The molecule has 15 heavy (non-hydrogen) atoms. The lowest BCUT2D eigenvalue weighted by Gasteiger charge is -2.14. The van der Waals surface area contributed by atoms with E-state index < -0.39 is 0 Å². The van der Waals surface area contributed by atoms with Gasteiger partial charge in [0.1, 0.15) is 0 Å². The molecule has 0 aliphatic rings. The topological polar surface area (TPSA) is 88.0 Å². The zero-order chi connectivity index (χ0) is 11.3. The first-order valence-corrected chi connectivity index (χ1v) is 4.87. The molecule has 0 radical (unpaired) electrons. The Hall–Kier alpha value is -1.62. The predicted molar refractivity (Wildman–Crippen MR) is 57.7 cm³/mol. The third-order valence-corrected chi connectivity index (χ3v) is 2.16. The van der Waals surface area contributed by atoms with Crippen LogP contribution in [0.1, 0.15) is 23.7 Å². The Morgan fingerprint density at radius 1 is 1.60 bits per heavy atom. The second-order valence-electron chi connectivity index (χ2n) is 3.26. The molecule has 0 aliphatic heterocycles. The summed E-state index contributed by atoms with van der Waals surface area (Å²) < 4.78 is 0. The first-order valence-electron chi connectivity index (χ1n) is 4.87. The van der Waals surface area contributed by atoms with Gasteiger partial charge in [-0.15, -0.1) is 0 Å². The Kier molecular flexibility index (Phi) is 4.05. The number of nitrogens with one attached hydrogen (secondary N) is 2. The van der Waals surface area contributed by atoms with Crippen LogP contribution in [0.2, 0.25) is 0 Å². The number of nitrogens with two attached hydrogens (primary N) is 1. The fourth-order valence-electron chi connectivity index (χ4n) is 1.15. The van der Waals surface area contributed by atoms with Crippen molar-refractivity contribution in [2.75, 3.05) is 6.54 Å². The maximum atomic E-state index is 11.6. The fraction of sp³-hybridized carbons (Fsp3) is 0.400. The van der Waals surface area contributed by atoms with Crippen molar-refractivity contribution in [3.05, 3.63) is 34.2 Å². The van der Waals surface area contributed by atoms with E-state index in [1.165, 1.54) is 18.3 Å². The van der Waals surface area contributed by atoms with Crippen molar-refractivity contribution in [1.29, 1.82) is 0 Å². The van der Waals surface area contributed by atoms with Gasteiger partial charge in [0.25, 0.3) is 5.91 Å². The van der Waals surface area contributed by atoms with Crippen molar-refractivity contribution < 1.29 is 4.79 Å². The van der Waals surface area contributed by atoms with E-state index in [4.69, 9.17) is 5.73 Å². The lowest BCUT2D eigenvalue weighted by molar-refractivity contribution is 0.0937. The van der Waals surface area contributed by atoms with Crippen LogP contribution in [0.25, 0.3) is 0 Å². The molecule has 1 rings (SSSR count). The van der Waals surface area contributed by atoms with Gasteiger partial charge in [0.15, 0.2) is 0 Å². The van der Waals surface area contributed by atoms with Crippen molar-refractivity contribution in [3.63, 3.8) is 0 Å². The van der Waals surface area contributed by atoms with E-state index in [0.717, 1.165) is 6.42 Å². The molecule has 0 aromatic carbocycles. The number of pyridine rings is 1. The molecule has 0 saturated carbocycles. The normalized spacial score (nSPS) is 12.1. The summed E-state index contributed by atoms with van der Waals surface area (Å²) in [5, 5.41) is 2.77. The molecule has 82 valence electrons. The van der Waals surface area contributed by atoms with Gasteiger partial charge in [0.2, 0.25) is 5.56 Å². The minimum absolute atomic E-state index is 0.0237. The van der Waals surface area contributed by atoms with E-state index in [-0.39, 0.29) is 17.5 Å². The van der Waals surface area contributed by atoms with Crippen LogP contribution < -0.4 is 16.6 Å². The van der Waals surface area contributed by atoms with Crippen molar-refractivity contribution in [1.82, 2.24) is 10.3 Å². The quantitative estimate of drug-likeness (QED) is 0.644. The van der Waals surface area contributed by atoms with Gasteiger partial charge < -0.3 is 16.0 Å². The first kappa shape index (κ1) is 11.5. The van der Waals surface area contributed by atoms with Crippen molar-refractivity contribution in [2.45, 2.75) is 19.4 Å². The number of carbonyl (C=O) groups is 1. The van der Waals surface area contributed by atoms with Gasteiger partial charge in [-0.25, -0.2) is 0 Å². The summed E-state index contributed by atoms with van der Waals surface area (Å²) >= 11 is 0. The van der Waals surface area contributed by atoms with Crippen LogP contribution in [0.15, 0.2) is 23.1 Å². The third kappa shape index (κ3) is 3.21. The summed E-state index contributed by atoms with van der Waals surface area (Å²) in [4.78, 5) is 24.8. The smallest absolute Gasteiger partial charge is 0.253 e. The molecule has 0 spiro atoms. The Morgan fingerprint density at radius 2 is 2.33 bits per heavy atom. The largest absolute Gasteiger partial charge is 0.348 e. The van der Waals surface area contributed by atoms with E-state index in [1.807, 2.05) is 6.92 Å². The van der Waals surface area contributed by atoms with Crippen LogP contribution in [0.3, 0.4) is 0 Å². The van der Waals surface area contributed by atoms with Crippen LogP contribution in [-0.2, 0) is 0 Å². The van der Waals surface area contributed by atoms with Crippen molar-refractivity contribution in [2.24, 2.45) is 5.73 Å². The molecular formula is C10H15N3O2. The highest BCUT2D eigenvalue weighted by atomic mass is 16.2. The zero-order valence-electron chi connectivity index (χ0n) is 8.62. The highest BCUT2D eigenvalue weighted by Crippen LogP contribution is 1.95. The lowest BCUT2D eigenvalue weighted by Crippen LogP contribution is -2.39. The highest BCUT2D eigenvalue weighted by Gasteiger charge is 2.10. The predicted octanol–water partition coefficient (Wildman–Crippen LogP) is -0.158. The summed E-state index contributed by atoms with van der Waals surface area (Å²) in [6, 6.07) is 2.78. The average Bonchev–Trinajstić information content (AvgIpc) is 2.26. The van der Waals surface area contributed by atoms with Crippen LogP contribution in [0, 0.1) is 0 Å². The molecule has 1 amide bonds. The van der Waals surface area contributed by atoms with Crippen molar-refractivity contribution in [3.8, 4) is 0 Å². The number of carbonyl (C=O) groups excluding carboxylic acids is 1. The number of aromatic amines is 1. The number of hydrogen-bond donors (Lipinski definition) is 3. The molecule has 1 unspecified atom stereocenters. The standard InChI is InChI=1S/C10H15N3O2/c1-2-8(5-11)13-10(15)7-3-4-9(14)12-6-7/h3-4,6,8H,2,5,11H2,1H3,(H,12,14)(H,13,15). The minimum atomic E-state index is -0.225. The summed E-state index contributed by atoms with van der Waals surface area (Å²) in [7, 11) is 0. The van der Waals surface area contributed by atoms with Gasteiger partial charge in [0.05, 0.1) is 5.56 Å². The summed E-state index contributed by atoms with van der Waals surface area (Å²) in [6.45, 7) is 2.36. The molecule has 1 heterocycles. The molecule has 5 heteroatoms. The van der Waals surface area contributed by atoms with E-state index in [1.54, 1.807) is 0 Å². The van der Waals surface area contributed by atoms with E-state index in [9.17, 15) is 9.59 Å². The molecule has 5 nitrogen and oxygen atoms in total. The highest BCUT2D eigenvalue weighted by molar-refractivity contribution is 5.93. The Labute approximate surface area is 87.7 Å². The number of amides is 1. The SMILES string of the molecule is CCC(CN)NC(=O)c1ccc(=O)[nH]c1. The van der Waals surface area contributed by atoms with Gasteiger partial charge in [-0.1, -0.05) is 6.92 Å². The lowest BCUT2D eigenvalue weighted by atomic mass is 10.2. The second-order valence-corrected chi connectivity index (χ2v) is 3.26. The molecule has 1 atom stereocenters. The molecule has 1 aromatic rings. The van der Waals surface area contributed by atoms with E-state index >= 15 is 0 Å². The molecule has 0 saturated heterocycles. The molecule has 0 bridgehead atoms. The van der Waals surface area contributed by atoms with Crippen molar-refractivity contribution >= 4 is 5.91 Å². The van der Waals surface area contributed by atoms with Gasteiger partial charge in [-0.3, -0.25) is 9.59 Å². The van der Waals surface area contributed by atoms with Crippen LogP contribution in [0.5, 0.6) is 0 Å². The Bertz CT molecular complexity index is 362. The second kappa shape index (κ2) is 5.31. The number of H-pyrrole nitrogens is 1. The fourth-order valence-corrected chi connectivity index (χ4v) is 1.15. The van der Waals surface area contributed by atoms with Gasteiger partial charge in [-0.05, 0) is 12.5 Å². The summed E-state index contributed by atoms with van der Waals surface area (Å²) in [6.07, 6.45) is 2.17. The van der Waals surface area contributed by atoms with E-state index in [0.29, 0.717) is 12.1 Å². The molecule has 1 aromatic heterocycles. The number of rotatable bonds is 4. The monoisotopic (exact) mass is 209 g/mol. The first-order chi connectivity index (χ1) is 7.17. The number of aromatic nitrogens is 1. The van der Waals surface area contributed by atoms with Crippen LogP contribution in [0.4, 0.5) is 0 Å². The Morgan fingerprint density at radius 3 is 2.80 bits per heavy atom. The summed E-state index contributed by atoms with van der Waals surface area (Å²) in [5.41, 5.74) is 5.67. The summed E-state index contributed by atoms with van der Waals surface area (Å²) in [5.74, 6) is -0.219.